The third-order valence-electron chi connectivity index (χ3n) is 3.45. The molecule has 4 nitrogen and oxygen atoms in total. The summed E-state index contributed by atoms with van der Waals surface area (Å²) < 4.78 is 0. The first-order valence-electron chi connectivity index (χ1n) is 6.64. The molecule has 2 unspecified atom stereocenters. The van der Waals surface area contributed by atoms with E-state index in [1.807, 2.05) is 42.1 Å². The lowest BCUT2D eigenvalue weighted by atomic mass is 9.97. The molecule has 0 saturated carbocycles. The van der Waals surface area contributed by atoms with E-state index >= 15 is 0 Å². The van der Waals surface area contributed by atoms with Crippen LogP contribution in [0.1, 0.15) is 24.3 Å². The van der Waals surface area contributed by atoms with Crippen molar-refractivity contribution >= 4 is 17.6 Å². The number of nitrogens with two attached hydrogens (primary N) is 1. The minimum absolute atomic E-state index is 0.0712. The summed E-state index contributed by atoms with van der Waals surface area (Å²) in [6.07, 6.45) is 2.48. The van der Waals surface area contributed by atoms with Gasteiger partial charge in [0.2, 0.25) is 0 Å². The first-order chi connectivity index (χ1) is 9.31. The summed E-state index contributed by atoms with van der Waals surface area (Å²) in [7, 11) is 0. The number of rotatable bonds is 5. The summed E-state index contributed by atoms with van der Waals surface area (Å²) in [5.74, 6) is 2.61. The zero-order chi connectivity index (χ0) is 13.5. The van der Waals surface area contributed by atoms with Gasteiger partial charge in [0.25, 0.3) is 0 Å². The van der Waals surface area contributed by atoms with Crippen molar-refractivity contribution in [2.45, 2.75) is 24.8 Å². The molecule has 0 bridgehead atoms. The Morgan fingerprint density at radius 3 is 2.89 bits per heavy atom. The van der Waals surface area contributed by atoms with Crippen LogP contribution >= 0.6 is 11.8 Å². The first kappa shape index (κ1) is 14.2. The summed E-state index contributed by atoms with van der Waals surface area (Å²) in [5.41, 5.74) is 6.90. The number of oxime groups is 1. The summed E-state index contributed by atoms with van der Waals surface area (Å²) >= 11 is 1.99. The topological polar surface area (TPSA) is 70.6 Å². The van der Waals surface area contributed by atoms with Crippen LogP contribution in [0.4, 0.5) is 0 Å². The van der Waals surface area contributed by atoms with Crippen LogP contribution in [0.5, 0.6) is 0 Å². The van der Waals surface area contributed by atoms with Crippen molar-refractivity contribution in [3.8, 4) is 0 Å². The van der Waals surface area contributed by atoms with Gasteiger partial charge in [0.05, 0.1) is 5.92 Å². The van der Waals surface area contributed by atoms with Crippen LogP contribution in [0.25, 0.3) is 0 Å². The van der Waals surface area contributed by atoms with Crippen LogP contribution in [0, 0.1) is 0 Å². The molecule has 5 heteroatoms. The monoisotopic (exact) mass is 279 g/mol. The second kappa shape index (κ2) is 7.40. The van der Waals surface area contributed by atoms with E-state index in [1.165, 1.54) is 18.6 Å². The molecule has 19 heavy (non-hydrogen) atoms. The van der Waals surface area contributed by atoms with E-state index in [2.05, 4.69) is 10.5 Å². The number of hydrogen-bond donors (Lipinski definition) is 3. The van der Waals surface area contributed by atoms with E-state index in [0.29, 0.717) is 12.6 Å². The van der Waals surface area contributed by atoms with Crippen LogP contribution in [0.3, 0.4) is 0 Å². The summed E-state index contributed by atoms with van der Waals surface area (Å²) in [5, 5.41) is 15.7. The number of nitrogens with one attached hydrogen (secondary N) is 1. The molecule has 1 aliphatic heterocycles. The number of amidine groups is 1. The molecule has 1 aromatic rings. The highest BCUT2D eigenvalue weighted by Crippen LogP contribution is 2.19. The molecule has 0 radical (unpaired) electrons. The first-order valence-corrected chi connectivity index (χ1v) is 7.80. The van der Waals surface area contributed by atoms with E-state index in [9.17, 15) is 0 Å². The Hall–Kier alpha value is -1.20. The minimum atomic E-state index is -0.0712. The second-order valence-electron chi connectivity index (χ2n) is 4.81. The molecular formula is C14H21N3OS. The van der Waals surface area contributed by atoms with Gasteiger partial charge in [-0.1, -0.05) is 35.5 Å². The predicted molar refractivity (Wildman–Crippen MR) is 80.9 cm³/mol. The van der Waals surface area contributed by atoms with Crippen LogP contribution < -0.4 is 11.1 Å². The standard InChI is InChI=1S/C14H21N3OS/c15-14(17-18)13(11-5-2-1-3-6-11)9-16-12-7-4-8-19-10-12/h1-3,5-6,12-13,16,18H,4,7-10H2,(H2,15,17). The second-order valence-corrected chi connectivity index (χ2v) is 5.96. The van der Waals surface area contributed by atoms with Gasteiger partial charge in [0, 0.05) is 18.3 Å². The molecule has 1 heterocycles. The van der Waals surface area contributed by atoms with Crippen molar-refractivity contribution in [2.75, 3.05) is 18.1 Å². The quantitative estimate of drug-likeness (QED) is 0.334. The molecule has 4 N–H and O–H groups in total. The van der Waals surface area contributed by atoms with Crippen molar-refractivity contribution in [1.29, 1.82) is 0 Å². The fourth-order valence-electron chi connectivity index (χ4n) is 2.33. The molecule has 1 aliphatic rings. The number of hydrogen-bond acceptors (Lipinski definition) is 4. The van der Waals surface area contributed by atoms with Gasteiger partial charge >= 0.3 is 0 Å². The lowest BCUT2D eigenvalue weighted by molar-refractivity contribution is 0.315. The van der Waals surface area contributed by atoms with Crippen LogP contribution in [-0.4, -0.2) is 35.1 Å². The fraction of sp³-hybridized carbons (Fsp3) is 0.500. The largest absolute Gasteiger partial charge is 0.409 e. The molecule has 0 spiro atoms. The van der Waals surface area contributed by atoms with Crippen molar-refractivity contribution in [1.82, 2.24) is 5.32 Å². The molecule has 2 atom stereocenters. The van der Waals surface area contributed by atoms with Crippen molar-refractivity contribution < 1.29 is 5.21 Å². The molecule has 104 valence electrons. The van der Waals surface area contributed by atoms with Gasteiger partial charge in [0.1, 0.15) is 5.84 Å². The van der Waals surface area contributed by atoms with Gasteiger partial charge < -0.3 is 16.3 Å². The fourth-order valence-corrected chi connectivity index (χ4v) is 3.44. The Bertz CT molecular complexity index is 404. The highest BCUT2D eigenvalue weighted by Gasteiger charge is 2.19. The van der Waals surface area contributed by atoms with Crippen LogP contribution in [-0.2, 0) is 0 Å². The normalized spacial score (nSPS) is 22.1. The van der Waals surface area contributed by atoms with Crippen molar-refractivity contribution in [2.24, 2.45) is 10.9 Å². The van der Waals surface area contributed by atoms with Crippen molar-refractivity contribution in [3.05, 3.63) is 35.9 Å². The SMILES string of the molecule is N/C(=N/O)C(CNC1CCCSC1)c1ccccc1. The van der Waals surface area contributed by atoms with E-state index < -0.39 is 0 Å². The third kappa shape index (κ3) is 4.14. The Kier molecular flexibility index (Phi) is 5.54. The Morgan fingerprint density at radius 2 is 2.26 bits per heavy atom. The maximum absolute atomic E-state index is 8.93. The third-order valence-corrected chi connectivity index (χ3v) is 4.66. The van der Waals surface area contributed by atoms with Crippen LogP contribution in [0.15, 0.2) is 35.5 Å². The highest BCUT2D eigenvalue weighted by molar-refractivity contribution is 7.99. The highest BCUT2D eigenvalue weighted by atomic mass is 32.2. The number of thioether (sulfide) groups is 1. The average molecular weight is 279 g/mol. The lowest BCUT2D eigenvalue weighted by Crippen LogP contribution is -2.39. The molecule has 1 saturated heterocycles. The zero-order valence-corrected chi connectivity index (χ0v) is 11.8. The van der Waals surface area contributed by atoms with Gasteiger partial charge in [-0.05, 0) is 24.2 Å². The summed E-state index contributed by atoms with van der Waals surface area (Å²) in [6, 6.07) is 10.5. The van der Waals surface area contributed by atoms with Gasteiger partial charge in [-0.2, -0.15) is 11.8 Å². The molecule has 1 aromatic carbocycles. The van der Waals surface area contributed by atoms with E-state index in [1.54, 1.807) is 0 Å². The maximum Gasteiger partial charge on any atom is 0.147 e. The van der Waals surface area contributed by atoms with Crippen LogP contribution in [0.2, 0.25) is 0 Å². The van der Waals surface area contributed by atoms with Gasteiger partial charge in [-0.25, -0.2) is 0 Å². The zero-order valence-electron chi connectivity index (χ0n) is 11.0. The number of benzene rings is 1. The average Bonchev–Trinajstić information content (AvgIpc) is 2.49. The van der Waals surface area contributed by atoms with Gasteiger partial charge in [0.15, 0.2) is 0 Å². The van der Waals surface area contributed by atoms with Gasteiger partial charge in [-0.15, -0.1) is 0 Å². The molecule has 0 amide bonds. The summed E-state index contributed by atoms with van der Waals surface area (Å²) in [4.78, 5) is 0. The van der Waals surface area contributed by atoms with Gasteiger partial charge in [-0.3, -0.25) is 0 Å². The summed E-state index contributed by atoms with van der Waals surface area (Å²) in [6.45, 7) is 0.713. The molecule has 2 rings (SSSR count). The van der Waals surface area contributed by atoms with Crippen molar-refractivity contribution in [3.63, 3.8) is 0 Å². The number of nitrogens with zero attached hydrogens (tertiary/aromatic N) is 1. The Labute approximate surface area is 118 Å². The molecule has 1 fully saturated rings. The molecule has 0 aliphatic carbocycles. The maximum atomic E-state index is 8.93. The minimum Gasteiger partial charge on any atom is -0.409 e. The molecule has 0 aromatic heterocycles. The molecular weight excluding hydrogens is 258 g/mol. The smallest absolute Gasteiger partial charge is 0.147 e. The lowest BCUT2D eigenvalue weighted by Gasteiger charge is -2.25. The Morgan fingerprint density at radius 1 is 1.47 bits per heavy atom. The van der Waals surface area contributed by atoms with E-state index in [0.717, 1.165) is 11.3 Å². The Balaban J connectivity index is 1.98. The predicted octanol–water partition coefficient (Wildman–Crippen LogP) is 2.00. The van der Waals surface area contributed by atoms with E-state index in [4.69, 9.17) is 10.9 Å². The van der Waals surface area contributed by atoms with E-state index in [-0.39, 0.29) is 11.8 Å².